The van der Waals surface area contributed by atoms with Crippen molar-refractivity contribution >= 4 is 17.7 Å². The number of hydrogen-bond acceptors (Lipinski definition) is 5. The monoisotopic (exact) mass is 375 g/mol. The lowest BCUT2D eigenvalue weighted by Crippen LogP contribution is -2.31. The van der Waals surface area contributed by atoms with Crippen LogP contribution in [0.2, 0.25) is 0 Å². The van der Waals surface area contributed by atoms with Crippen LogP contribution in [0.1, 0.15) is 30.7 Å². The number of thioether (sulfide) groups is 1. The molecule has 0 bridgehead atoms. The minimum atomic E-state index is -0.259. The van der Waals surface area contributed by atoms with E-state index in [2.05, 4.69) is 15.3 Å². The second kappa shape index (κ2) is 9.43. The van der Waals surface area contributed by atoms with Gasteiger partial charge in [-0.15, -0.1) is 0 Å². The van der Waals surface area contributed by atoms with Crippen LogP contribution >= 0.6 is 11.8 Å². The molecule has 7 heteroatoms. The van der Waals surface area contributed by atoms with Gasteiger partial charge in [0, 0.05) is 23.6 Å². The highest BCUT2D eigenvalue weighted by atomic mass is 32.2. The standard InChI is InChI=1S/C19H25N3O3S/c1-12(2)10-20-17(23)9-16-13(3)21-19(22-18(16)24)26-11-14-6-5-7-15(8-14)25-4/h5-8,12H,9-11H2,1-4H3,(H,20,23)(H,21,22,24). The Hall–Kier alpha value is -2.28. The van der Waals surface area contributed by atoms with Crippen LogP contribution in [0.4, 0.5) is 0 Å². The number of nitrogens with zero attached hydrogens (tertiary/aromatic N) is 1. The maximum absolute atomic E-state index is 12.3. The molecule has 0 atom stereocenters. The summed E-state index contributed by atoms with van der Waals surface area (Å²) in [6.45, 7) is 6.40. The predicted molar refractivity (Wildman–Crippen MR) is 104 cm³/mol. The van der Waals surface area contributed by atoms with Crippen LogP contribution in [0.3, 0.4) is 0 Å². The number of methoxy groups -OCH3 is 1. The molecule has 2 aromatic rings. The van der Waals surface area contributed by atoms with Gasteiger partial charge in [-0.3, -0.25) is 9.59 Å². The van der Waals surface area contributed by atoms with Gasteiger partial charge in [0.1, 0.15) is 5.75 Å². The van der Waals surface area contributed by atoms with Crippen LogP contribution in [0.15, 0.2) is 34.2 Å². The lowest BCUT2D eigenvalue weighted by molar-refractivity contribution is -0.120. The molecule has 0 aliphatic rings. The van der Waals surface area contributed by atoms with E-state index >= 15 is 0 Å². The molecule has 140 valence electrons. The minimum Gasteiger partial charge on any atom is -0.497 e. The third-order valence-electron chi connectivity index (χ3n) is 3.76. The third-order valence-corrected chi connectivity index (χ3v) is 4.70. The van der Waals surface area contributed by atoms with Gasteiger partial charge in [-0.1, -0.05) is 37.7 Å². The molecular weight excluding hydrogens is 350 g/mol. The average molecular weight is 375 g/mol. The number of aryl methyl sites for hydroxylation is 1. The smallest absolute Gasteiger partial charge is 0.255 e. The van der Waals surface area contributed by atoms with Crippen molar-refractivity contribution in [2.24, 2.45) is 5.92 Å². The second-order valence-electron chi connectivity index (χ2n) is 6.45. The second-order valence-corrected chi connectivity index (χ2v) is 7.41. The normalized spacial score (nSPS) is 10.8. The molecule has 26 heavy (non-hydrogen) atoms. The van der Waals surface area contributed by atoms with Gasteiger partial charge in [-0.2, -0.15) is 0 Å². The first-order valence-electron chi connectivity index (χ1n) is 8.51. The van der Waals surface area contributed by atoms with E-state index in [0.717, 1.165) is 11.3 Å². The molecule has 1 aromatic carbocycles. The zero-order chi connectivity index (χ0) is 19.1. The number of benzene rings is 1. The Kier molecular flexibility index (Phi) is 7.26. The Morgan fingerprint density at radius 3 is 2.81 bits per heavy atom. The highest BCUT2D eigenvalue weighted by molar-refractivity contribution is 7.98. The molecule has 1 heterocycles. The summed E-state index contributed by atoms with van der Waals surface area (Å²) in [6, 6.07) is 7.76. The van der Waals surface area contributed by atoms with Crippen LogP contribution in [0.25, 0.3) is 0 Å². The van der Waals surface area contributed by atoms with E-state index in [1.165, 1.54) is 11.8 Å². The Morgan fingerprint density at radius 2 is 2.15 bits per heavy atom. The molecule has 0 fully saturated rings. The summed E-state index contributed by atoms with van der Waals surface area (Å²) in [6.07, 6.45) is 0.0434. The summed E-state index contributed by atoms with van der Waals surface area (Å²) in [7, 11) is 1.63. The van der Waals surface area contributed by atoms with Crippen molar-refractivity contribution in [1.82, 2.24) is 15.3 Å². The number of ether oxygens (including phenoxy) is 1. The van der Waals surface area contributed by atoms with Gasteiger partial charge in [0.2, 0.25) is 5.91 Å². The molecule has 1 aromatic heterocycles. The highest BCUT2D eigenvalue weighted by Gasteiger charge is 2.13. The fourth-order valence-electron chi connectivity index (χ4n) is 2.32. The van der Waals surface area contributed by atoms with Crippen molar-refractivity contribution in [3.05, 3.63) is 51.4 Å². The number of carbonyl (C=O) groups excluding carboxylic acids is 1. The quantitative estimate of drug-likeness (QED) is 0.547. The summed E-state index contributed by atoms with van der Waals surface area (Å²) in [5.74, 6) is 1.66. The Morgan fingerprint density at radius 1 is 1.38 bits per heavy atom. The van der Waals surface area contributed by atoms with E-state index in [9.17, 15) is 9.59 Å². The van der Waals surface area contributed by atoms with E-state index in [-0.39, 0.29) is 17.9 Å². The molecular formula is C19H25N3O3S. The van der Waals surface area contributed by atoms with E-state index in [4.69, 9.17) is 4.74 Å². The number of aromatic amines is 1. The number of rotatable bonds is 8. The van der Waals surface area contributed by atoms with Gasteiger partial charge >= 0.3 is 0 Å². The summed E-state index contributed by atoms with van der Waals surface area (Å²) in [5, 5.41) is 3.36. The first-order chi connectivity index (χ1) is 12.4. The molecule has 0 saturated heterocycles. The number of amides is 1. The third kappa shape index (κ3) is 5.91. The first-order valence-corrected chi connectivity index (χ1v) is 9.49. The molecule has 2 rings (SSSR count). The summed E-state index contributed by atoms with van der Waals surface area (Å²) in [5.41, 5.74) is 1.82. The molecule has 2 N–H and O–H groups in total. The van der Waals surface area contributed by atoms with Crippen LogP contribution in [0, 0.1) is 12.8 Å². The van der Waals surface area contributed by atoms with Gasteiger partial charge in [0.15, 0.2) is 5.16 Å². The molecule has 0 aliphatic carbocycles. The summed E-state index contributed by atoms with van der Waals surface area (Å²) >= 11 is 1.44. The number of nitrogens with one attached hydrogen (secondary N) is 2. The number of hydrogen-bond donors (Lipinski definition) is 2. The van der Waals surface area contributed by atoms with Gasteiger partial charge in [-0.05, 0) is 30.5 Å². The van der Waals surface area contributed by atoms with Crippen LogP contribution in [-0.2, 0) is 17.0 Å². The average Bonchev–Trinajstić information content (AvgIpc) is 2.61. The summed E-state index contributed by atoms with van der Waals surface area (Å²) < 4.78 is 5.21. The van der Waals surface area contributed by atoms with Crippen LogP contribution < -0.4 is 15.6 Å². The molecule has 0 saturated carbocycles. The van der Waals surface area contributed by atoms with Crippen molar-refractivity contribution in [2.45, 2.75) is 38.1 Å². The molecule has 6 nitrogen and oxygen atoms in total. The number of carbonyl (C=O) groups is 1. The fraction of sp³-hybridized carbons (Fsp3) is 0.421. The number of H-pyrrole nitrogens is 1. The van der Waals surface area contributed by atoms with Crippen LogP contribution in [-0.4, -0.2) is 29.5 Å². The van der Waals surface area contributed by atoms with Crippen LogP contribution in [0.5, 0.6) is 5.75 Å². The Labute approximate surface area is 157 Å². The molecule has 0 spiro atoms. The predicted octanol–water partition coefficient (Wildman–Crippen LogP) is 2.69. The molecule has 1 amide bonds. The highest BCUT2D eigenvalue weighted by Crippen LogP contribution is 2.21. The van der Waals surface area contributed by atoms with E-state index in [1.807, 2.05) is 38.1 Å². The van der Waals surface area contributed by atoms with Gasteiger partial charge < -0.3 is 15.0 Å². The maximum Gasteiger partial charge on any atom is 0.255 e. The molecule has 0 unspecified atom stereocenters. The summed E-state index contributed by atoms with van der Waals surface area (Å²) in [4.78, 5) is 31.5. The van der Waals surface area contributed by atoms with E-state index in [0.29, 0.717) is 34.6 Å². The zero-order valence-corrected chi connectivity index (χ0v) is 16.4. The Balaban J connectivity index is 2.03. The lowest BCUT2D eigenvalue weighted by Gasteiger charge is -2.09. The minimum absolute atomic E-state index is 0.0434. The molecule has 0 aliphatic heterocycles. The lowest BCUT2D eigenvalue weighted by atomic mass is 10.1. The first kappa shape index (κ1) is 20.0. The Bertz CT molecular complexity index is 818. The fourth-order valence-corrected chi connectivity index (χ4v) is 3.17. The van der Waals surface area contributed by atoms with Crippen molar-refractivity contribution in [1.29, 1.82) is 0 Å². The van der Waals surface area contributed by atoms with E-state index < -0.39 is 0 Å². The SMILES string of the molecule is COc1cccc(CSc2nc(C)c(CC(=O)NCC(C)C)c(=O)[nH]2)c1. The maximum atomic E-state index is 12.3. The largest absolute Gasteiger partial charge is 0.497 e. The molecule has 0 radical (unpaired) electrons. The van der Waals surface area contributed by atoms with Gasteiger partial charge in [0.25, 0.3) is 5.56 Å². The van der Waals surface area contributed by atoms with E-state index in [1.54, 1.807) is 14.0 Å². The van der Waals surface area contributed by atoms with Gasteiger partial charge in [0.05, 0.1) is 13.5 Å². The van der Waals surface area contributed by atoms with Crippen molar-refractivity contribution in [3.8, 4) is 5.75 Å². The topological polar surface area (TPSA) is 84.1 Å². The van der Waals surface area contributed by atoms with Gasteiger partial charge in [-0.25, -0.2) is 4.98 Å². The van der Waals surface area contributed by atoms with Crippen molar-refractivity contribution < 1.29 is 9.53 Å². The van der Waals surface area contributed by atoms with Crippen molar-refractivity contribution in [3.63, 3.8) is 0 Å². The number of aromatic nitrogens is 2. The zero-order valence-electron chi connectivity index (χ0n) is 15.6. The van der Waals surface area contributed by atoms with Crippen molar-refractivity contribution in [2.75, 3.05) is 13.7 Å².